The van der Waals surface area contributed by atoms with Crippen LogP contribution in [-0.4, -0.2) is 30.4 Å². The Morgan fingerprint density at radius 3 is 2.38 bits per heavy atom. The lowest BCUT2D eigenvalue weighted by molar-refractivity contribution is -0.135. The zero-order valence-electron chi connectivity index (χ0n) is 11.1. The Bertz CT molecular complexity index is 246. The molecule has 0 aromatic rings. The van der Waals surface area contributed by atoms with E-state index in [9.17, 15) is 4.79 Å². The van der Waals surface area contributed by atoms with E-state index in [-0.39, 0.29) is 11.5 Å². The number of rotatable bonds is 6. The standard InChI is InChI=1S/C13H26N2O/c1-5-13(7-8-13)12(16)15(4)9-6-11(14)10(2)3/h10-11H,5-9,14H2,1-4H3. The summed E-state index contributed by atoms with van der Waals surface area (Å²) in [6.45, 7) is 7.15. The summed E-state index contributed by atoms with van der Waals surface area (Å²) in [5, 5.41) is 0. The van der Waals surface area contributed by atoms with Crippen LogP contribution in [-0.2, 0) is 4.79 Å². The maximum absolute atomic E-state index is 12.1. The summed E-state index contributed by atoms with van der Waals surface area (Å²) in [5.74, 6) is 0.815. The van der Waals surface area contributed by atoms with Crippen LogP contribution in [0.4, 0.5) is 0 Å². The summed E-state index contributed by atoms with van der Waals surface area (Å²) in [6, 6.07) is 0.201. The lowest BCUT2D eigenvalue weighted by atomic mass is 10.00. The highest BCUT2D eigenvalue weighted by Gasteiger charge is 2.49. The average molecular weight is 226 g/mol. The number of amides is 1. The molecule has 2 N–H and O–H groups in total. The number of nitrogens with two attached hydrogens (primary N) is 1. The quantitative estimate of drug-likeness (QED) is 0.753. The minimum absolute atomic E-state index is 0.00330. The second-order valence-electron chi connectivity index (χ2n) is 5.56. The first kappa shape index (κ1) is 13.5. The third-order valence-corrected chi connectivity index (χ3v) is 3.98. The smallest absolute Gasteiger partial charge is 0.228 e. The topological polar surface area (TPSA) is 46.3 Å². The Kier molecular flexibility index (Phi) is 4.36. The first-order chi connectivity index (χ1) is 7.43. The Balaban J connectivity index is 2.35. The normalized spacial score (nSPS) is 19.6. The van der Waals surface area contributed by atoms with Gasteiger partial charge in [-0.25, -0.2) is 0 Å². The summed E-state index contributed by atoms with van der Waals surface area (Å²) in [7, 11) is 1.91. The van der Waals surface area contributed by atoms with Crippen molar-refractivity contribution in [3.63, 3.8) is 0 Å². The molecule has 1 atom stereocenters. The molecule has 16 heavy (non-hydrogen) atoms. The van der Waals surface area contributed by atoms with E-state index in [1.165, 1.54) is 0 Å². The number of carbonyl (C=O) groups is 1. The minimum atomic E-state index is -0.00330. The molecule has 0 aromatic carbocycles. The van der Waals surface area contributed by atoms with Crippen LogP contribution in [0.15, 0.2) is 0 Å². The molecule has 0 saturated heterocycles. The molecule has 94 valence electrons. The van der Waals surface area contributed by atoms with Crippen LogP contribution in [0.1, 0.15) is 46.5 Å². The van der Waals surface area contributed by atoms with Crippen molar-refractivity contribution in [3.8, 4) is 0 Å². The third-order valence-electron chi connectivity index (χ3n) is 3.98. The monoisotopic (exact) mass is 226 g/mol. The van der Waals surface area contributed by atoms with Crippen molar-refractivity contribution in [2.45, 2.75) is 52.5 Å². The molecule has 1 amide bonds. The first-order valence-electron chi connectivity index (χ1n) is 6.44. The van der Waals surface area contributed by atoms with Gasteiger partial charge in [0.1, 0.15) is 0 Å². The van der Waals surface area contributed by atoms with E-state index >= 15 is 0 Å². The Morgan fingerprint density at radius 2 is 2.00 bits per heavy atom. The summed E-state index contributed by atoms with van der Waals surface area (Å²) in [5.41, 5.74) is 5.98. The van der Waals surface area contributed by atoms with Crippen LogP contribution in [0.3, 0.4) is 0 Å². The van der Waals surface area contributed by atoms with E-state index < -0.39 is 0 Å². The van der Waals surface area contributed by atoms with Crippen molar-refractivity contribution < 1.29 is 4.79 Å². The van der Waals surface area contributed by atoms with Crippen molar-refractivity contribution in [1.82, 2.24) is 4.90 Å². The molecule has 1 rings (SSSR count). The summed E-state index contributed by atoms with van der Waals surface area (Å²) in [4.78, 5) is 14.0. The molecule has 1 aliphatic carbocycles. The lowest BCUT2D eigenvalue weighted by Gasteiger charge is -2.25. The van der Waals surface area contributed by atoms with E-state index in [2.05, 4.69) is 20.8 Å². The largest absolute Gasteiger partial charge is 0.345 e. The highest BCUT2D eigenvalue weighted by atomic mass is 16.2. The molecule has 1 fully saturated rings. The van der Waals surface area contributed by atoms with Gasteiger partial charge in [-0.2, -0.15) is 0 Å². The number of hydrogen-bond acceptors (Lipinski definition) is 2. The summed E-state index contributed by atoms with van der Waals surface area (Å²) in [6.07, 6.45) is 4.03. The molecule has 0 aromatic heterocycles. The van der Waals surface area contributed by atoms with Crippen molar-refractivity contribution in [2.75, 3.05) is 13.6 Å². The van der Waals surface area contributed by atoms with Gasteiger partial charge in [-0.3, -0.25) is 4.79 Å². The Morgan fingerprint density at radius 1 is 1.44 bits per heavy atom. The highest BCUT2D eigenvalue weighted by Crippen LogP contribution is 2.49. The van der Waals surface area contributed by atoms with Crippen LogP contribution < -0.4 is 5.73 Å². The Hall–Kier alpha value is -0.570. The molecule has 1 saturated carbocycles. The average Bonchev–Trinajstić information content (AvgIpc) is 3.04. The van der Waals surface area contributed by atoms with E-state index in [0.29, 0.717) is 11.8 Å². The SMILES string of the molecule is CCC1(C(=O)N(C)CCC(N)C(C)C)CC1. The predicted octanol–water partition coefficient (Wildman–Crippen LogP) is 2.01. The van der Waals surface area contributed by atoms with Gasteiger partial charge in [0.25, 0.3) is 0 Å². The lowest BCUT2D eigenvalue weighted by Crippen LogP contribution is -2.38. The first-order valence-corrected chi connectivity index (χ1v) is 6.44. The van der Waals surface area contributed by atoms with Crippen LogP contribution in [0, 0.1) is 11.3 Å². The molecule has 0 aliphatic heterocycles. The van der Waals surface area contributed by atoms with Gasteiger partial charge in [-0.1, -0.05) is 20.8 Å². The van der Waals surface area contributed by atoms with Gasteiger partial charge in [-0.05, 0) is 31.6 Å². The molecular weight excluding hydrogens is 200 g/mol. The van der Waals surface area contributed by atoms with E-state index in [1.54, 1.807) is 0 Å². The molecule has 1 aliphatic rings. The molecule has 3 heteroatoms. The van der Waals surface area contributed by atoms with Gasteiger partial charge < -0.3 is 10.6 Å². The second kappa shape index (κ2) is 5.17. The third kappa shape index (κ3) is 2.97. The Labute approximate surface area is 99.4 Å². The van der Waals surface area contributed by atoms with Crippen LogP contribution in [0.5, 0.6) is 0 Å². The highest BCUT2D eigenvalue weighted by molar-refractivity contribution is 5.85. The molecule has 0 spiro atoms. The van der Waals surface area contributed by atoms with Gasteiger partial charge in [0.2, 0.25) is 5.91 Å². The van der Waals surface area contributed by atoms with E-state index in [4.69, 9.17) is 5.73 Å². The number of nitrogens with zero attached hydrogens (tertiary/aromatic N) is 1. The van der Waals surface area contributed by atoms with E-state index in [1.807, 2.05) is 11.9 Å². The van der Waals surface area contributed by atoms with Crippen molar-refractivity contribution in [1.29, 1.82) is 0 Å². The zero-order valence-corrected chi connectivity index (χ0v) is 11.1. The van der Waals surface area contributed by atoms with Gasteiger partial charge in [0, 0.05) is 25.0 Å². The molecule has 1 unspecified atom stereocenters. The van der Waals surface area contributed by atoms with Crippen LogP contribution in [0.2, 0.25) is 0 Å². The molecule has 0 radical (unpaired) electrons. The van der Waals surface area contributed by atoms with Gasteiger partial charge in [0.05, 0.1) is 0 Å². The molecule has 0 bridgehead atoms. The fourth-order valence-electron chi connectivity index (χ4n) is 2.05. The fourth-order valence-corrected chi connectivity index (χ4v) is 2.05. The minimum Gasteiger partial charge on any atom is -0.345 e. The van der Waals surface area contributed by atoms with Crippen molar-refractivity contribution in [2.24, 2.45) is 17.1 Å². The molecule has 0 heterocycles. The fraction of sp³-hybridized carbons (Fsp3) is 0.923. The summed E-state index contributed by atoms with van der Waals surface area (Å²) < 4.78 is 0. The predicted molar refractivity (Wildman–Crippen MR) is 67.0 cm³/mol. The number of hydrogen-bond donors (Lipinski definition) is 1. The maximum Gasteiger partial charge on any atom is 0.228 e. The van der Waals surface area contributed by atoms with Gasteiger partial charge >= 0.3 is 0 Å². The van der Waals surface area contributed by atoms with E-state index in [0.717, 1.165) is 32.2 Å². The van der Waals surface area contributed by atoms with Crippen molar-refractivity contribution >= 4 is 5.91 Å². The number of carbonyl (C=O) groups excluding carboxylic acids is 1. The summed E-state index contributed by atoms with van der Waals surface area (Å²) >= 11 is 0. The molecular formula is C13H26N2O. The maximum atomic E-state index is 12.1. The van der Waals surface area contributed by atoms with Crippen LogP contribution >= 0.6 is 0 Å². The second-order valence-corrected chi connectivity index (χ2v) is 5.56. The van der Waals surface area contributed by atoms with Gasteiger partial charge in [-0.15, -0.1) is 0 Å². The van der Waals surface area contributed by atoms with Crippen molar-refractivity contribution in [3.05, 3.63) is 0 Å². The zero-order chi connectivity index (χ0) is 12.3. The molecule has 3 nitrogen and oxygen atoms in total. The van der Waals surface area contributed by atoms with Gasteiger partial charge in [0.15, 0.2) is 0 Å². The van der Waals surface area contributed by atoms with Crippen LogP contribution in [0.25, 0.3) is 0 Å².